The van der Waals surface area contributed by atoms with Crippen LogP contribution in [0.2, 0.25) is 0 Å². The third-order valence-corrected chi connectivity index (χ3v) is 4.95. The van der Waals surface area contributed by atoms with Gasteiger partial charge in [-0.3, -0.25) is 9.89 Å². The number of carbonyl (C=O) groups excluding carboxylic acids is 1. The first-order valence-corrected chi connectivity index (χ1v) is 8.20. The molecule has 1 amide bonds. The standard InChI is InChI=1S/C16H21N5O2/c22-14-7-10(15-18-9-19-20-15)6-11(14)8-17-16(23)13-2-1-5-21(13)12-3-4-12/h1-2,5,9-12,14,22H,3-4,6-8H2,(H,17,23)(H,18,19,20)/t10-,11+,14+/m1/s1. The molecule has 0 saturated heterocycles. The molecule has 0 aliphatic heterocycles. The van der Waals surface area contributed by atoms with Crippen LogP contribution in [0.4, 0.5) is 0 Å². The van der Waals surface area contributed by atoms with Crippen LogP contribution in [0.25, 0.3) is 0 Å². The van der Waals surface area contributed by atoms with Gasteiger partial charge in [-0.2, -0.15) is 5.10 Å². The largest absolute Gasteiger partial charge is 0.393 e. The van der Waals surface area contributed by atoms with Crippen molar-refractivity contribution in [2.24, 2.45) is 5.92 Å². The molecule has 2 aromatic rings. The van der Waals surface area contributed by atoms with Crippen molar-refractivity contribution < 1.29 is 9.90 Å². The summed E-state index contributed by atoms with van der Waals surface area (Å²) in [7, 11) is 0. The summed E-state index contributed by atoms with van der Waals surface area (Å²) in [6, 6.07) is 4.26. The first kappa shape index (κ1) is 14.4. The topological polar surface area (TPSA) is 95.8 Å². The number of aromatic nitrogens is 4. The molecule has 7 heteroatoms. The van der Waals surface area contributed by atoms with Crippen molar-refractivity contribution in [3.05, 3.63) is 36.2 Å². The minimum atomic E-state index is -0.416. The number of hydrogen-bond donors (Lipinski definition) is 3. The second kappa shape index (κ2) is 5.81. The molecule has 0 unspecified atom stereocenters. The highest BCUT2D eigenvalue weighted by Gasteiger charge is 2.35. The van der Waals surface area contributed by atoms with E-state index >= 15 is 0 Å². The lowest BCUT2D eigenvalue weighted by atomic mass is 10.0. The highest BCUT2D eigenvalue weighted by molar-refractivity contribution is 5.92. The molecule has 3 N–H and O–H groups in total. The second-order valence-electron chi connectivity index (χ2n) is 6.61. The van der Waals surface area contributed by atoms with Gasteiger partial charge in [0, 0.05) is 30.6 Å². The van der Waals surface area contributed by atoms with Gasteiger partial charge in [0.25, 0.3) is 5.91 Å². The number of nitrogens with zero attached hydrogens (tertiary/aromatic N) is 3. The number of aliphatic hydroxyl groups excluding tert-OH is 1. The third kappa shape index (κ3) is 2.88. The number of aliphatic hydroxyl groups is 1. The van der Waals surface area contributed by atoms with E-state index in [0.29, 0.717) is 24.7 Å². The first-order chi connectivity index (χ1) is 11.2. The first-order valence-electron chi connectivity index (χ1n) is 8.20. The molecule has 0 radical (unpaired) electrons. The van der Waals surface area contributed by atoms with Crippen LogP contribution in [-0.4, -0.2) is 43.4 Å². The molecule has 2 fully saturated rings. The summed E-state index contributed by atoms with van der Waals surface area (Å²) >= 11 is 0. The molecule has 2 heterocycles. The van der Waals surface area contributed by atoms with Crippen LogP contribution in [0, 0.1) is 5.92 Å². The number of amides is 1. The molecule has 2 aliphatic rings. The molecule has 122 valence electrons. The number of rotatable bonds is 5. The lowest BCUT2D eigenvalue weighted by molar-refractivity contribution is 0.0907. The Morgan fingerprint density at radius 1 is 1.43 bits per heavy atom. The summed E-state index contributed by atoms with van der Waals surface area (Å²) in [5.41, 5.74) is 0.715. The molecule has 23 heavy (non-hydrogen) atoms. The fourth-order valence-electron chi connectivity index (χ4n) is 3.53. The highest BCUT2D eigenvalue weighted by Crippen LogP contribution is 2.37. The number of nitrogens with one attached hydrogen (secondary N) is 2. The molecular formula is C16H21N5O2. The van der Waals surface area contributed by atoms with Crippen molar-refractivity contribution in [2.45, 2.75) is 43.7 Å². The zero-order valence-corrected chi connectivity index (χ0v) is 12.9. The second-order valence-corrected chi connectivity index (χ2v) is 6.61. The van der Waals surface area contributed by atoms with Crippen molar-refractivity contribution in [3.63, 3.8) is 0 Å². The lowest BCUT2D eigenvalue weighted by Crippen LogP contribution is -2.33. The van der Waals surface area contributed by atoms with Gasteiger partial charge in [0.2, 0.25) is 0 Å². The zero-order valence-electron chi connectivity index (χ0n) is 12.9. The van der Waals surface area contributed by atoms with Crippen LogP contribution in [0.3, 0.4) is 0 Å². The molecule has 3 atom stereocenters. The van der Waals surface area contributed by atoms with E-state index in [9.17, 15) is 9.90 Å². The van der Waals surface area contributed by atoms with Crippen molar-refractivity contribution in [2.75, 3.05) is 6.54 Å². The quantitative estimate of drug-likeness (QED) is 0.773. The maximum atomic E-state index is 12.4. The van der Waals surface area contributed by atoms with Crippen molar-refractivity contribution in [1.82, 2.24) is 25.1 Å². The van der Waals surface area contributed by atoms with Gasteiger partial charge < -0.3 is 15.0 Å². The molecule has 0 aromatic carbocycles. The Bertz CT molecular complexity index is 676. The molecule has 2 saturated carbocycles. The van der Waals surface area contributed by atoms with Crippen LogP contribution in [0.5, 0.6) is 0 Å². The van der Waals surface area contributed by atoms with Crippen LogP contribution in [-0.2, 0) is 0 Å². The summed E-state index contributed by atoms with van der Waals surface area (Å²) in [6.07, 6.45) is 6.80. The van der Waals surface area contributed by atoms with E-state index in [4.69, 9.17) is 0 Å². The van der Waals surface area contributed by atoms with Gasteiger partial charge in [-0.15, -0.1) is 0 Å². The highest BCUT2D eigenvalue weighted by atomic mass is 16.3. The van der Waals surface area contributed by atoms with Crippen molar-refractivity contribution in [1.29, 1.82) is 0 Å². The maximum Gasteiger partial charge on any atom is 0.267 e. The maximum absolute atomic E-state index is 12.4. The van der Waals surface area contributed by atoms with Gasteiger partial charge in [-0.25, -0.2) is 4.98 Å². The Morgan fingerprint density at radius 2 is 2.30 bits per heavy atom. The van der Waals surface area contributed by atoms with Crippen LogP contribution in [0.1, 0.15) is 54.0 Å². The summed E-state index contributed by atoms with van der Waals surface area (Å²) in [5, 5.41) is 20.0. The summed E-state index contributed by atoms with van der Waals surface area (Å²) < 4.78 is 2.05. The average Bonchev–Trinajstić information content (AvgIpc) is 2.98. The Labute approximate surface area is 134 Å². The predicted octanol–water partition coefficient (Wildman–Crippen LogP) is 1.23. The van der Waals surface area contributed by atoms with E-state index in [-0.39, 0.29) is 17.7 Å². The fourth-order valence-corrected chi connectivity index (χ4v) is 3.53. The minimum Gasteiger partial charge on any atom is -0.393 e. The van der Waals surface area contributed by atoms with Crippen LogP contribution >= 0.6 is 0 Å². The molecule has 2 aliphatic carbocycles. The minimum absolute atomic E-state index is 0.0541. The monoisotopic (exact) mass is 315 g/mol. The number of aromatic amines is 1. The van der Waals surface area contributed by atoms with Gasteiger partial charge in [-0.1, -0.05) is 0 Å². The SMILES string of the molecule is O=C(NC[C@@H]1C[C@@H](c2ncn[nH]2)C[C@@H]1O)c1cccn1C1CC1. The smallest absolute Gasteiger partial charge is 0.267 e. The third-order valence-electron chi connectivity index (χ3n) is 4.95. The van der Waals surface area contributed by atoms with Crippen molar-refractivity contribution >= 4 is 5.91 Å². The zero-order chi connectivity index (χ0) is 15.8. The lowest BCUT2D eigenvalue weighted by Gasteiger charge is -2.15. The Balaban J connectivity index is 1.35. The van der Waals surface area contributed by atoms with Gasteiger partial charge >= 0.3 is 0 Å². The summed E-state index contributed by atoms with van der Waals surface area (Å²) in [4.78, 5) is 16.6. The number of hydrogen-bond acceptors (Lipinski definition) is 4. The van der Waals surface area contributed by atoms with E-state index in [1.807, 2.05) is 18.3 Å². The van der Waals surface area contributed by atoms with Gasteiger partial charge in [0.1, 0.15) is 17.8 Å². The Kier molecular flexibility index (Phi) is 3.65. The van der Waals surface area contributed by atoms with Crippen molar-refractivity contribution in [3.8, 4) is 0 Å². The summed E-state index contributed by atoms with van der Waals surface area (Å²) in [5.74, 6) is 1.00. The van der Waals surface area contributed by atoms with Gasteiger partial charge in [0.05, 0.1) is 6.10 Å². The van der Waals surface area contributed by atoms with Crippen LogP contribution in [0.15, 0.2) is 24.7 Å². The average molecular weight is 315 g/mol. The Hall–Kier alpha value is -2.15. The number of carbonyl (C=O) groups is 1. The molecule has 4 rings (SSSR count). The molecule has 0 bridgehead atoms. The van der Waals surface area contributed by atoms with E-state index in [0.717, 1.165) is 25.1 Å². The van der Waals surface area contributed by atoms with Gasteiger partial charge in [-0.05, 0) is 37.8 Å². The summed E-state index contributed by atoms with van der Waals surface area (Å²) in [6.45, 7) is 0.487. The normalized spacial score (nSPS) is 27.3. The Morgan fingerprint density at radius 3 is 3.04 bits per heavy atom. The van der Waals surface area contributed by atoms with Crippen LogP contribution < -0.4 is 5.32 Å². The molecule has 2 aromatic heterocycles. The van der Waals surface area contributed by atoms with E-state index < -0.39 is 6.10 Å². The van der Waals surface area contributed by atoms with E-state index in [1.165, 1.54) is 6.33 Å². The fraction of sp³-hybridized carbons (Fsp3) is 0.562. The van der Waals surface area contributed by atoms with E-state index in [2.05, 4.69) is 25.1 Å². The molecule has 7 nitrogen and oxygen atoms in total. The van der Waals surface area contributed by atoms with Gasteiger partial charge in [0.15, 0.2) is 0 Å². The van der Waals surface area contributed by atoms with E-state index in [1.54, 1.807) is 0 Å². The molecular weight excluding hydrogens is 294 g/mol. The predicted molar refractivity (Wildman–Crippen MR) is 82.9 cm³/mol. The molecule has 0 spiro atoms. The number of H-pyrrole nitrogens is 1.